The van der Waals surface area contributed by atoms with Gasteiger partial charge < -0.3 is 18.2 Å². The molecule has 0 bridgehead atoms. The molecule has 0 spiro atoms. The van der Waals surface area contributed by atoms with Crippen LogP contribution in [-0.4, -0.2) is 0 Å². The maximum atomic E-state index is 6.34. The van der Waals surface area contributed by atoms with E-state index in [4.69, 9.17) is 13.3 Å². The lowest BCUT2D eigenvalue weighted by Gasteiger charge is -2.25. The summed E-state index contributed by atoms with van der Waals surface area (Å²) in [6, 6.07) is 57.4. The topological polar surface area (TPSA) is 42.7 Å². The Morgan fingerprint density at radius 1 is 0.300 bits per heavy atom. The second-order valence-electron chi connectivity index (χ2n) is 12.9. The molecule has 0 unspecified atom stereocenters. The molecule has 11 aromatic rings. The number of hydrogen-bond acceptors (Lipinski definition) is 4. The second kappa shape index (κ2) is 10.4. The van der Waals surface area contributed by atoms with E-state index in [1.807, 2.05) is 36.4 Å². The van der Waals surface area contributed by atoms with Gasteiger partial charge in [0.05, 0.1) is 0 Å². The number of nitrogens with zero attached hydrogens (tertiary/aromatic N) is 1. The Bertz CT molecular complexity index is 3110. The van der Waals surface area contributed by atoms with Crippen LogP contribution in [-0.2, 0) is 0 Å². The zero-order valence-corrected chi connectivity index (χ0v) is 26.8. The van der Waals surface area contributed by atoms with E-state index in [-0.39, 0.29) is 0 Å². The summed E-state index contributed by atoms with van der Waals surface area (Å²) in [5.41, 5.74) is 10.7. The summed E-state index contributed by atoms with van der Waals surface area (Å²) in [7, 11) is 0. The molecule has 0 aliphatic rings. The second-order valence-corrected chi connectivity index (χ2v) is 12.9. The number of para-hydroxylation sites is 3. The van der Waals surface area contributed by atoms with Gasteiger partial charge in [-0.15, -0.1) is 0 Å². The van der Waals surface area contributed by atoms with Crippen LogP contribution in [0.25, 0.3) is 87.7 Å². The number of anilines is 3. The van der Waals surface area contributed by atoms with Crippen LogP contribution in [0.4, 0.5) is 17.1 Å². The number of rotatable bonds is 4. The fourth-order valence-electron chi connectivity index (χ4n) is 7.69. The van der Waals surface area contributed by atoms with Crippen molar-refractivity contribution in [3.63, 3.8) is 0 Å². The van der Waals surface area contributed by atoms with Gasteiger partial charge in [0.2, 0.25) is 0 Å². The van der Waals surface area contributed by atoms with Gasteiger partial charge in [-0.3, -0.25) is 0 Å². The molecule has 8 aromatic carbocycles. The first kappa shape index (κ1) is 27.2. The fourth-order valence-corrected chi connectivity index (χ4v) is 7.69. The normalized spacial score (nSPS) is 12.0. The molecule has 0 aliphatic heterocycles. The Morgan fingerprint density at radius 2 is 0.820 bits per heavy atom. The van der Waals surface area contributed by atoms with Gasteiger partial charge in [-0.2, -0.15) is 0 Å². The van der Waals surface area contributed by atoms with Crippen molar-refractivity contribution in [2.75, 3.05) is 4.90 Å². The summed E-state index contributed by atoms with van der Waals surface area (Å²) < 4.78 is 18.7. The van der Waals surface area contributed by atoms with Gasteiger partial charge in [-0.05, 0) is 94.7 Å². The fraction of sp³-hybridized carbons (Fsp3) is 0. The first-order valence-electron chi connectivity index (χ1n) is 16.8. The maximum Gasteiger partial charge on any atom is 0.137 e. The Morgan fingerprint density at radius 3 is 1.62 bits per heavy atom. The van der Waals surface area contributed by atoms with Crippen molar-refractivity contribution in [2.24, 2.45) is 0 Å². The minimum Gasteiger partial charge on any atom is -0.456 e. The van der Waals surface area contributed by atoms with Crippen molar-refractivity contribution >= 4 is 93.7 Å². The summed E-state index contributed by atoms with van der Waals surface area (Å²) in [4.78, 5) is 2.29. The van der Waals surface area contributed by atoms with E-state index in [0.29, 0.717) is 0 Å². The first-order valence-corrected chi connectivity index (χ1v) is 16.8. The number of benzene rings is 8. The minimum atomic E-state index is 0.857. The van der Waals surface area contributed by atoms with Crippen LogP contribution in [0.15, 0.2) is 177 Å². The number of furan rings is 3. The highest BCUT2D eigenvalue weighted by atomic mass is 16.3. The molecule has 0 radical (unpaired) electrons. The highest BCUT2D eigenvalue weighted by Crippen LogP contribution is 2.42. The molecule has 0 saturated carbocycles. The van der Waals surface area contributed by atoms with Crippen LogP contribution in [0.5, 0.6) is 0 Å². The third-order valence-electron chi connectivity index (χ3n) is 10.1. The van der Waals surface area contributed by atoms with Crippen LogP contribution in [0.1, 0.15) is 0 Å². The lowest BCUT2D eigenvalue weighted by molar-refractivity contribution is 0.668. The van der Waals surface area contributed by atoms with E-state index in [2.05, 4.69) is 132 Å². The van der Waals surface area contributed by atoms with Crippen molar-refractivity contribution in [3.05, 3.63) is 164 Å². The molecule has 0 amide bonds. The van der Waals surface area contributed by atoms with E-state index in [1.54, 1.807) is 0 Å². The Hall–Kier alpha value is -6.78. The van der Waals surface area contributed by atoms with Gasteiger partial charge in [0.25, 0.3) is 0 Å². The average molecular weight is 642 g/mol. The molecule has 0 atom stereocenters. The standard InChI is InChI=1S/C46H27NO3/c1-4-10-40-35(7-1)37-22-19-33(27-45(37)50-40)47(32-20-24-43-39(26-32)36-8-2-5-11-41(36)48-43)31-17-13-28(14-18-31)29-15-21-34-30(25-29)16-23-44-46(34)38-9-3-6-12-42(38)49-44/h1-27H. The summed E-state index contributed by atoms with van der Waals surface area (Å²) in [6.45, 7) is 0. The first-order chi connectivity index (χ1) is 24.7. The SMILES string of the molecule is c1ccc2c(c1)oc1cc(N(c3ccc(-c4ccc5c(ccc6oc7ccccc7c65)c4)cc3)c3ccc4oc5ccccc5c4c3)ccc12. The minimum absolute atomic E-state index is 0.857. The molecule has 3 heterocycles. The molecule has 0 N–H and O–H groups in total. The van der Waals surface area contributed by atoms with Crippen LogP contribution in [0.2, 0.25) is 0 Å². The summed E-state index contributed by atoms with van der Waals surface area (Å²) in [6.07, 6.45) is 0. The zero-order chi connectivity index (χ0) is 32.8. The predicted molar refractivity (Wildman–Crippen MR) is 206 cm³/mol. The predicted octanol–water partition coefficient (Wildman–Crippen LogP) is 13.7. The molecular weight excluding hydrogens is 615 g/mol. The molecule has 4 heteroatoms. The van der Waals surface area contributed by atoms with Crippen molar-refractivity contribution in [3.8, 4) is 11.1 Å². The Kier molecular flexibility index (Phi) is 5.63. The van der Waals surface area contributed by atoms with Gasteiger partial charge >= 0.3 is 0 Å². The van der Waals surface area contributed by atoms with Gasteiger partial charge in [0, 0.05) is 55.4 Å². The lowest BCUT2D eigenvalue weighted by atomic mass is 9.98. The highest BCUT2D eigenvalue weighted by molar-refractivity contribution is 6.19. The largest absolute Gasteiger partial charge is 0.456 e. The van der Waals surface area contributed by atoms with Crippen molar-refractivity contribution in [1.29, 1.82) is 0 Å². The monoisotopic (exact) mass is 641 g/mol. The Labute approximate surface area is 286 Å². The number of hydrogen-bond donors (Lipinski definition) is 0. The van der Waals surface area contributed by atoms with Gasteiger partial charge in [-0.25, -0.2) is 0 Å². The molecule has 0 fully saturated rings. The van der Waals surface area contributed by atoms with Crippen molar-refractivity contribution < 1.29 is 13.3 Å². The molecule has 234 valence electrons. The van der Waals surface area contributed by atoms with Crippen molar-refractivity contribution in [2.45, 2.75) is 0 Å². The van der Waals surface area contributed by atoms with Crippen LogP contribution >= 0.6 is 0 Å². The van der Waals surface area contributed by atoms with Gasteiger partial charge in [-0.1, -0.05) is 84.9 Å². The third kappa shape index (κ3) is 4.06. The van der Waals surface area contributed by atoms with Gasteiger partial charge in [0.1, 0.15) is 33.5 Å². The van der Waals surface area contributed by atoms with Crippen molar-refractivity contribution in [1.82, 2.24) is 0 Å². The summed E-state index contributed by atoms with van der Waals surface area (Å²) >= 11 is 0. The van der Waals surface area contributed by atoms with Crippen LogP contribution in [0.3, 0.4) is 0 Å². The summed E-state index contributed by atoms with van der Waals surface area (Å²) in [5.74, 6) is 0. The molecule has 4 nitrogen and oxygen atoms in total. The average Bonchev–Trinajstić information content (AvgIpc) is 3.86. The zero-order valence-electron chi connectivity index (χ0n) is 26.8. The van der Waals surface area contributed by atoms with Crippen LogP contribution < -0.4 is 4.90 Å². The molecule has 0 saturated heterocycles. The van der Waals surface area contributed by atoms with E-state index in [0.717, 1.165) is 88.6 Å². The molecule has 3 aromatic heterocycles. The number of fused-ring (bicyclic) bond motifs is 11. The summed E-state index contributed by atoms with van der Waals surface area (Å²) in [5, 5.41) is 9.10. The molecular formula is C46H27NO3. The van der Waals surface area contributed by atoms with E-state index in [1.165, 1.54) is 16.2 Å². The van der Waals surface area contributed by atoms with E-state index < -0.39 is 0 Å². The van der Waals surface area contributed by atoms with Crippen LogP contribution in [0, 0.1) is 0 Å². The third-order valence-corrected chi connectivity index (χ3v) is 10.1. The maximum absolute atomic E-state index is 6.34. The van der Waals surface area contributed by atoms with E-state index >= 15 is 0 Å². The quantitative estimate of drug-likeness (QED) is 0.192. The lowest BCUT2D eigenvalue weighted by Crippen LogP contribution is -2.09. The van der Waals surface area contributed by atoms with E-state index in [9.17, 15) is 0 Å². The van der Waals surface area contributed by atoms with Gasteiger partial charge in [0.15, 0.2) is 0 Å². The molecule has 50 heavy (non-hydrogen) atoms. The Balaban J connectivity index is 1.04. The highest BCUT2D eigenvalue weighted by Gasteiger charge is 2.18. The smallest absolute Gasteiger partial charge is 0.137 e. The molecule has 0 aliphatic carbocycles. The molecule has 11 rings (SSSR count).